The maximum Gasteiger partial charge on any atom is 1.00 e. The molecule has 0 saturated carbocycles. The van der Waals surface area contributed by atoms with E-state index >= 15 is 0 Å². The Morgan fingerprint density at radius 2 is 1.95 bits per heavy atom. The summed E-state index contributed by atoms with van der Waals surface area (Å²) in [5, 5.41) is 9.49. The van der Waals surface area contributed by atoms with Gasteiger partial charge in [-0.25, -0.2) is 8.42 Å². The van der Waals surface area contributed by atoms with E-state index in [1.165, 1.54) is 12.1 Å². The first-order valence-corrected chi connectivity index (χ1v) is 6.96. The molecule has 1 aromatic rings. The fraction of sp³-hybridized carbons (Fsp3) is 0.400. The number of ether oxygens (including phenoxy) is 2. The molecule has 19 heavy (non-hydrogen) atoms. The molecule has 0 saturated heterocycles. The molecule has 0 spiro atoms. The number of aliphatic hydroxyl groups excluding tert-OH is 1. The van der Waals surface area contributed by atoms with Crippen molar-refractivity contribution in [2.75, 3.05) is 13.2 Å². The minimum Gasteiger partial charge on any atom is -0.746 e. The maximum atomic E-state index is 10.8. The van der Waals surface area contributed by atoms with Crippen LogP contribution in [0.1, 0.15) is 17.4 Å². The first-order valence-electron chi connectivity index (χ1n) is 5.11. The largest absolute Gasteiger partial charge is 1.00 e. The van der Waals surface area contributed by atoms with Crippen LogP contribution in [0.3, 0.4) is 0 Å². The molecule has 9 heteroatoms. The van der Waals surface area contributed by atoms with E-state index in [4.69, 9.17) is 21.1 Å². The predicted octanol–water partition coefficient (Wildman–Crippen LogP) is -1.96. The second-order valence-corrected chi connectivity index (χ2v) is 5.56. The second-order valence-electron chi connectivity index (χ2n) is 3.73. The van der Waals surface area contributed by atoms with E-state index in [1.807, 2.05) is 0 Å². The number of halogens is 1. The van der Waals surface area contributed by atoms with Gasteiger partial charge in [-0.15, -0.1) is 0 Å². The van der Waals surface area contributed by atoms with E-state index in [-0.39, 0.29) is 51.6 Å². The van der Waals surface area contributed by atoms with Crippen molar-refractivity contribution in [1.29, 1.82) is 0 Å². The van der Waals surface area contributed by atoms with E-state index in [0.717, 1.165) is 0 Å². The molecule has 0 amide bonds. The smallest absolute Gasteiger partial charge is 0.746 e. The Morgan fingerprint density at radius 1 is 1.32 bits per heavy atom. The van der Waals surface area contributed by atoms with E-state index in [1.54, 1.807) is 0 Å². The zero-order valence-corrected chi connectivity index (χ0v) is 13.7. The molecule has 1 aromatic carbocycles. The van der Waals surface area contributed by atoms with Crippen LogP contribution in [0.15, 0.2) is 12.1 Å². The van der Waals surface area contributed by atoms with Gasteiger partial charge in [0.15, 0.2) is 16.9 Å². The zero-order valence-electron chi connectivity index (χ0n) is 10.1. The van der Waals surface area contributed by atoms with Gasteiger partial charge in [0.05, 0.1) is 18.2 Å². The first-order chi connectivity index (χ1) is 8.39. The first kappa shape index (κ1) is 17.0. The SMILES string of the molecule is O=S(=O)([O-])C(O)c1cc(Cl)c2c(c1)OCCCO2.[Na+]. The Morgan fingerprint density at radius 3 is 2.58 bits per heavy atom. The molecular formula is C10H10ClNaO6S. The monoisotopic (exact) mass is 316 g/mol. The Hall–Kier alpha value is -0.0200. The van der Waals surface area contributed by atoms with Gasteiger partial charge < -0.3 is 19.1 Å². The Balaban J connectivity index is 0.00000180. The molecule has 2 rings (SSSR count). The third kappa shape index (κ3) is 3.98. The van der Waals surface area contributed by atoms with Crippen molar-refractivity contribution in [2.24, 2.45) is 0 Å². The molecule has 0 bridgehead atoms. The molecule has 0 aromatic heterocycles. The molecule has 0 fully saturated rings. The van der Waals surface area contributed by atoms with Crippen molar-refractivity contribution in [2.45, 2.75) is 11.9 Å². The number of rotatable bonds is 2. The summed E-state index contributed by atoms with van der Waals surface area (Å²) in [6.07, 6.45) is 0.656. The molecule has 0 aliphatic carbocycles. The van der Waals surface area contributed by atoms with Crippen LogP contribution in [0.25, 0.3) is 0 Å². The molecular weight excluding hydrogens is 307 g/mol. The summed E-state index contributed by atoms with van der Waals surface area (Å²) in [5.41, 5.74) is -2.31. The topological polar surface area (TPSA) is 95.9 Å². The Kier molecular flexibility index (Phi) is 5.94. The average Bonchev–Trinajstić information content (AvgIpc) is 2.52. The summed E-state index contributed by atoms with van der Waals surface area (Å²) in [6.45, 7) is 0.807. The maximum absolute atomic E-state index is 10.8. The van der Waals surface area contributed by atoms with Gasteiger partial charge in [0.25, 0.3) is 0 Å². The van der Waals surface area contributed by atoms with Crippen LogP contribution in [0.5, 0.6) is 11.5 Å². The molecule has 6 nitrogen and oxygen atoms in total. The molecule has 0 radical (unpaired) electrons. The van der Waals surface area contributed by atoms with E-state index in [2.05, 4.69) is 0 Å². The van der Waals surface area contributed by atoms with Crippen LogP contribution in [-0.4, -0.2) is 31.3 Å². The van der Waals surface area contributed by atoms with E-state index in [0.29, 0.717) is 19.6 Å². The molecule has 1 atom stereocenters. The van der Waals surface area contributed by atoms with Crippen LogP contribution in [-0.2, 0) is 10.1 Å². The van der Waals surface area contributed by atoms with Crippen molar-refractivity contribution in [1.82, 2.24) is 0 Å². The summed E-state index contributed by atoms with van der Waals surface area (Å²) >= 11 is 5.90. The number of fused-ring (bicyclic) bond motifs is 1. The quantitative estimate of drug-likeness (QED) is 0.503. The van der Waals surface area contributed by atoms with Gasteiger partial charge >= 0.3 is 29.6 Å². The third-order valence-corrected chi connectivity index (χ3v) is 3.48. The summed E-state index contributed by atoms with van der Waals surface area (Å²) in [7, 11) is -4.86. The van der Waals surface area contributed by atoms with Crippen LogP contribution in [0, 0.1) is 0 Å². The molecule has 1 unspecified atom stereocenters. The van der Waals surface area contributed by atoms with Gasteiger partial charge in [-0.3, -0.25) is 0 Å². The molecule has 1 aliphatic rings. The second kappa shape index (κ2) is 6.62. The Bertz CT molecular complexity index is 561. The number of hydrogen-bond acceptors (Lipinski definition) is 6. The predicted molar refractivity (Wildman–Crippen MR) is 61.7 cm³/mol. The third-order valence-electron chi connectivity index (χ3n) is 2.38. The van der Waals surface area contributed by atoms with Crippen LogP contribution in [0.4, 0.5) is 0 Å². The van der Waals surface area contributed by atoms with Gasteiger partial charge in [-0.1, -0.05) is 11.6 Å². The molecule has 1 aliphatic heterocycles. The van der Waals surface area contributed by atoms with Crippen molar-refractivity contribution in [3.63, 3.8) is 0 Å². The summed E-state index contributed by atoms with van der Waals surface area (Å²) in [6, 6.07) is 2.42. The molecule has 1 N–H and O–H groups in total. The minimum atomic E-state index is -4.86. The zero-order chi connectivity index (χ0) is 13.3. The normalized spacial score (nSPS) is 16.2. The van der Waals surface area contributed by atoms with Gasteiger partial charge in [0.2, 0.25) is 0 Å². The minimum absolute atomic E-state index is 0. The van der Waals surface area contributed by atoms with Gasteiger partial charge in [0.1, 0.15) is 10.1 Å². The fourth-order valence-electron chi connectivity index (χ4n) is 1.56. The van der Waals surface area contributed by atoms with Crippen molar-refractivity contribution in [3.05, 3.63) is 22.7 Å². The number of hydrogen-bond donors (Lipinski definition) is 1. The Labute approximate surface area is 137 Å². The van der Waals surface area contributed by atoms with Crippen LogP contribution in [0.2, 0.25) is 5.02 Å². The molecule has 100 valence electrons. The van der Waals surface area contributed by atoms with Gasteiger partial charge in [-0.2, -0.15) is 0 Å². The van der Waals surface area contributed by atoms with Crippen molar-refractivity contribution >= 4 is 21.7 Å². The van der Waals surface area contributed by atoms with E-state index < -0.39 is 15.6 Å². The van der Waals surface area contributed by atoms with Crippen LogP contribution < -0.4 is 39.0 Å². The average molecular weight is 317 g/mol. The van der Waals surface area contributed by atoms with Gasteiger partial charge in [0, 0.05) is 6.42 Å². The van der Waals surface area contributed by atoms with Crippen LogP contribution >= 0.6 is 11.6 Å². The van der Waals surface area contributed by atoms with Crippen molar-refractivity contribution in [3.8, 4) is 11.5 Å². The summed E-state index contributed by atoms with van der Waals surface area (Å²) < 4.78 is 42.9. The summed E-state index contributed by atoms with van der Waals surface area (Å²) in [5.74, 6) is 0.506. The van der Waals surface area contributed by atoms with Crippen molar-refractivity contribution < 1.29 is 57.1 Å². The number of benzene rings is 1. The van der Waals surface area contributed by atoms with E-state index in [9.17, 15) is 18.1 Å². The summed E-state index contributed by atoms with van der Waals surface area (Å²) in [4.78, 5) is 0. The van der Waals surface area contributed by atoms with Gasteiger partial charge in [-0.05, 0) is 17.7 Å². The fourth-order valence-corrected chi connectivity index (χ4v) is 2.30. The number of aliphatic hydroxyl groups is 1. The molecule has 1 heterocycles. The standard InChI is InChI=1S/C10H11ClO6S.Na/c11-7-4-6(10(12)18(13,14)15)5-8-9(7)17-3-1-2-16-8;/h4-5,10,12H,1-3H2,(H,13,14,15);/q;+1/p-1.